The van der Waals surface area contributed by atoms with E-state index >= 15 is 0 Å². The van der Waals surface area contributed by atoms with E-state index in [9.17, 15) is 9.90 Å². The van der Waals surface area contributed by atoms with Crippen molar-refractivity contribution in [3.05, 3.63) is 81.7 Å². The number of hydrogen-bond acceptors (Lipinski definition) is 5. The maximum atomic E-state index is 12.1. The Kier molecular flexibility index (Phi) is 5.32. The molecule has 0 spiro atoms. The van der Waals surface area contributed by atoms with Crippen molar-refractivity contribution in [2.75, 3.05) is 6.61 Å². The van der Waals surface area contributed by atoms with Gasteiger partial charge in [-0.05, 0) is 42.3 Å². The molecule has 0 unspecified atom stereocenters. The van der Waals surface area contributed by atoms with Gasteiger partial charge in [0.15, 0.2) is 11.3 Å². The zero-order valence-corrected chi connectivity index (χ0v) is 15.3. The summed E-state index contributed by atoms with van der Waals surface area (Å²) in [5, 5.41) is 12.6. The molecule has 1 heterocycles. The Morgan fingerprint density at radius 1 is 1.08 bits per heavy atom. The van der Waals surface area contributed by atoms with Crippen LogP contribution in [0.3, 0.4) is 0 Å². The summed E-state index contributed by atoms with van der Waals surface area (Å²) in [6.45, 7) is 2.15. The molecule has 1 N–H and O–H groups in total. The normalized spacial score (nSPS) is 15.8. The molecular formula is C19H15Cl2NO4. The maximum Gasteiger partial charge on any atom is 0.366 e. The summed E-state index contributed by atoms with van der Waals surface area (Å²) in [6.07, 6.45) is 1.21. The first-order chi connectivity index (χ1) is 12.4. The molecule has 0 bridgehead atoms. The lowest BCUT2D eigenvalue weighted by Gasteiger charge is -2.27. The molecule has 0 radical (unpaired) electrons. The Morgan fingerprint density at radius 3 is 2.04 bits per heavy atom. The summed E-state index contributed by atoms with van der Waals surface area (Å²) in [5.74, 6) is -0.868. The quantitative estimate of drug-likeness (QED) is 0.473. The second-order valence-electron chi connectivity index (χ2n) is 5.49. The molecule has 2 aromatic rings. The highest BCUT2D eigenvalue weighted by Gasteiger charge is 2.44. The van der Waals surface area contributed by atoms with E-state index in [-0.39, 0.29) is 11.6 Å². The minimum atomic E-state index is -1.80. The van der Waals surface area contributed by atoms with E-state index in [0.29, 0.717) is 27.8 Å². The second-order valence-corrected chi connectivity index (χ2v) is 6.36. The van der Waals surface area contributed by atoms with Crippen molar-refractivity contribution in [1.82, 2.24) is 0 Å². The molecule has 134 valence electrons. The lowest BCUT2D eigenvalue weighted by molar-refractivity contribution is -0.131. The molecule has 1 aliphatic heterocycles. The van der Waals surface area contributed by atoms with Gasteiger partial charge < -0.3 is 14.6 Å². The average Bonchev–Trinajstić information content (AvgIpc) is 3.01. The van der Waals surface area contributed by atoms with Crippen LogP contribution in [0.25, 0.3) is 0 Å². The molecule has 0 atom stereocenters. The first-order valence-corrected chi connectivity index (χ1v) is 8.58. The van der Waals surface area contributed by atoms with Gasteiger partial charge in [0.25, 0.3) is 0 Å². The van der Waals surface area contributed by atoms with Crippen LogP contribution < -0.4 is 0 Å². The third-order valence-electron chi connectivity index (χ3n) is 3.82. The molecule has 3 rings (SSSR count). The number of rotatable bonds is 5. The molecule has 5 nitrogen and oxygen atoms in total. The second kappa shape index (κ2) is 7.50. The summed E-state index contributed by atoms with van der Waals surface area (Å²) in [6, 6.07) is 13.1. The minimum Gasteiger partial charge on any atom is -0.499 e. The van der Waals surface area contributed by atoms with Gasteiger partial charge >= 0.3 is 5.97 Å². The van der Waals surface area contributed by atoms with Gasteiger partial charge in [0.05, 0.1) is 6.61 Å². The fourth-order valence-electron chi connectivity index (χ4n) is 2.51. The number of hydrogen-bond donors (Lipinski definition) is 1. The number of cyclic esters (lactones) is 1. The smallest absolute Gasteiger partial charge is 0.366 e. The predicted octanol–water partition coefficient (Wildman–Crippen LogP) is 4.06. The first kappa shape index (κ1) is 18.5. The highest BCUT2D eigenvalue weighted by atomic mass is 35.5. The molecule has 0 aromatic heterocycles. The molecule has 0 amide bonds. The molecule has 26 heavy (non-hydrogen) atoms. The molecule has 1 aliphatic rings. The van der Waals surface area contributed by atoms with Gasteiger partial charge in [-0.2, -0.15) is 0 Å². The number of ether oxygens (including phenoxy) is 2. The lowest BCUT2D eigenvalue weighted by atomic mass is 9.86. The molecule has 0 saturated heterocycles. The fraction of sp³-hybridized carbons (Fsp3) is 0.158. The first-order valence-electron chi connectivity index (χ1n) is 7.82. The van der Waals surface area contributed by atoms with Crippen molar-refractivity contribution in [3.63, 3.8) is 0 Å². The van der Waals surface area contributed by atoms with Crippen molar-refractivity contribution in [3.8, 4) is 0 Å². The fourth-order valence-corrected chi connectivity index (χ4v) is 2.76. The minimum absolute atomic E-state index is 0.0248. The van der Waals surface area contributed by atoms with Gasteiger partial charge in [0.1, 0.15) is 6.26 Å². The van der Waals surface area contributed by atoms with Gasteiger partial charge in [0.2, 0.25) is 5.90 Å². The van der Waals surface area contributed by atoms with Crippen LogP contribution in [0.2, 0.25) is 10.0 Å². The summed E-state index contributed by atoms with van der Waals surface area (Å²) in [7, 11) is 0. The monoisotopic (exact) mass is 391 g/mol. The van der Waals surface area contributed by atoms with Crippen molar-refractivity contribution >= 4 is 35.1 Å². The summed E-state index contributed by atoms with van der Waals surface area (Å²) < 4.78 is 10.4. The Labute approximate surface area is 160 Å². The lowest BCUT2D eigenvalue weighted by Crippen LogP contribution is -2.37. The number of carbonyl (C=O) groups is 1. The Hall–Kier alpha value is -2.34. The van der Waals surface area contributed by atoms with E-state index in [1.165, 1.54) is 6.26 Å². The number of carbonyl (C=O) groups excluding carboxylic acids is 1. The molecule has 0 fully saturated rings. The zero-order valence-electron chi connectivity index (χ0n) is 13.8. The van der Waals surface area contributed by atoms with Crippen molar-refractivity contribution < 1.29 is 19.4 Å². The number of benzene rings is 2. The number of aliphatic imine (C=N–C) groups is 1. The number of nitrogens with zero attached hydrogens (tertiary/aromatic N) is 1. The molecule has 7 heteroatoms. The molecule has 0 aliphatic carbocycles. The van der Waals surface area contributed by atoms with Gasteiger partial charge in [-0.1, -0.05) is 47.5 Å². The van der Waals surface area contributed by atoms with Gasteiger partial charge in [-0.25, -0.2) is 9.79 Å². The predicted molar refractivity (Wildman–Crippen MR) is 99.1 cm³/mol. The zero-order chi connectivity index (χ0) is 18.7. The third kappa shape index (κ3) is 3.46. The Bertz CT molecular complexity index is 828. The van der Waals surface area contributed by atoms with Crippen molar-refractivity contribution in [1.29, 1.82) is 0 Å². The summed E-state index contributed by atoms with van der Waals surface area (Å²) >= 11 is 11.9. The van der Waals surface area contributed by atoms with Gasteiger partial charge in [-0.15, -0.1) is 0 Å². The van der Waals surface area contributed by atoms with Crippen molar-refractivity contribution in [2.24, 2.45) is 4.99 Å². The number of halogens is 2. The van der Waals surface area contributed by atoms with E-state index in [1.807, 2.05) is 0 Å². The summed E-state index contributed by atoms with van der Waals surface area (Å²) in [5.41, 5.74) is -0.947. The topological polar surface area (TPSA) is 68.1 Å². The van der Waals surface area contributed by atoms with E-state index in [2.05, 4.69) is 4.99 Å². The standard InChI is InChI=1S/C19H15Cl2NO4/c1-2-25-11-16-17(23)26-18(22-16)19(24,12-3-7-14(20)8-4-12)13-5-9-15(21)10-6-13/h3-11,24H,2H2,1H3/b16-11+. The van der Waals surface area contributed by atoms with Crippen LogP contribution >= 0.6 is 23.2 Å². The van der Waals surface area contributed by atoms with Crippen LogP contribution in [-0.2, 0) is 19.9 Å². The van der Waals surface area contributed by atoms with Crippen LogP contribution in [0.1, 0.15) is 18.1 Å². The van der Waals surface area contributed by atoms with Crippen LogP contribution in [0.5, 0.6) is 0 Å². The van der Waals surface area contributed by atoms with E-state index in [0.717, 1.165) is 0 Å². The van der Waals surface area contributed by atoms with Crippen LogP contribution in [-0.4, -0.2) is 23.6 Å². The Morgan fingerprint density at radius 2 is 1.58 bits per heavy atom. The van der Waals surface area contributed by atoms with Crippen LogP contribution in [0, 0.1) is 0 Å². The average molecular weight is 392 g/mol. The van der Waals surface area contributed by atoms with Gasteiger partial charge in [0, 0.05) is 10.0 Å². The number of esters is 1. The Balaban J connectivity index is 2.14. The van der Waals surface area contributed by atoms with Crippen LogP contribution in [0.4, 0.5) is 0 Å². The van der Waals surface area contributed by atoms with E-state index in [4.69, 9.17) is 32.7 Å². The SMILES string of the molecule is CCO/C=C1/N=C(C(O)(c2ccc(Cl)cc2)c2ccc(Cl)cc2)OC1=O. The van der Waals surface area contributed by atoms with Gasteiger partial charge in [-0.3, -0.25) is 0 Å². The molecular weight excluding hydrogens is 377 g/mol. The molecule has 2 aromatic carbocycles. The molecule has 0 saturated carbocycles. The largest absolute Gasteiger partial charge is 0.499 e. The van der Waals surface area contributed by atoms with E-state index < -0.39 is 11.6 Å². The van der Waals surface area contributed by atoms with E-state index in [1.54, 1.807) is 55.5 Å². The highest BCUT2D eigenvalue weighted by molar-refractivity contribution is 6.30. The maximum absolute atomic E-state index is 12.1. The van der Waals surface area contributed by atoms with Crippen LogP contribution in [0.15, 0.2) is 65.5 Å². The van der Waals surface area contributed by atoms with Crippen molar-refractivity contribution in [2.45, 2.75) is 12.5 Å². The number of aliphatic hydroxyl groups is 1. The summed E-state index contributed by atoms with van der Waals surface area (Å²) in [4.78, 5) is 16.2. The highest BCUT2D eigenvalue weighted by Crippen LogP contribution is 2.36. The third-order valence-corrected chi connectivity index (χ3v) is 4.32.